The minimum Gasteiger partial charge on any atom is -0.366 e. The molecule has 4 rings (SSSR count). The Kier molecular flexibility index (Phi) is 3.06. The summed E-state index contributed by atoms with van der Waals surface area (Å²) in [6.07, 6.45) is 0. The number of fused-ring (bicyclic) bond motifs is 2. The van der Waals surface area contributed by atoms with E-state index < -0.39 is 5.60 Å². The summed E-state index contributed by atoms with van der Waals surface area (Å²) in [5.41, 5.74) is 4.43. The molecule has 112 valence electrons. The minimum absolute atomic E-state index is 0.442. The second-order valence-electron chi connectivity index (χ2n) is 6.13. The Morgan fingerprint density at radius 1 is 1.09 bits per heavy atom. The van der Waals surface area contributed by atoms with Crippen LogP contribution in [-0.2, 0) is 16.9 Å². The Labute approximate surface area is 130 Å². The van der Waals surface area contributed by atoms with Gasteiger partial charge in [0.05, 0.1) is 5.69 Å². The molecule has 0 saturated carbocycles. The third-order valence-electron chi connectivity index (χ3n) is 4.70. The van der Waals surface area contributed by atoms with Crippen molar-refractivity contribution in [2.75, 3.05) is 20.7 Å². The first-order valence-electron chi connectivity index (χ1n) is 7.63. The fourth-order valence-corrected chi connectivity index (χ4v) is 3.67. The fourth-order valence-electron chi connectivity index (χ4n) is 3.67. The van der Waals surface area contributed by atoms with Crippen LogP contribution in [0.1, 0.15) is 16.8 Å². The first-order chi connectivity index (χ1) is 10.7. The van der Waals surface area contributed by atoms with Gasteiger partial charge in [-0.15, -0.1) is 0 Å². The summed E-state index contributed by atoms with van der Waals surface area (Å²) in [5.74, 6) is 0. The molecule has 1 aliphatic rings. The predicted molar refractivity (Wildman–Crippen MR) is 88.9 cm³/mol. The maximum absolute atomic E-state index is 6.12. The Bertz CT molecular complexity index is 790. The van der Waals surface area contributed by atoms with Gasteiger partial charge in [0.1, 0.15) is 5.60 Å². The van der Waals surface area contributed by atoms with E-state index in [1.165, 1.54) is 16.5 Å². The summed E-state index contributed by atoms with van der Waals surface area (Å²) in [7, 11) is 3.95. The molecule has 2 heterocycles. The molecule has 1 unspecified atom stereocenters. The highest BCUT2D eigenvalue weighted by Crippen LogP contribution is 2.40. The lowest BCUT2D eigenvalue weighted by Crippen LogP contribution is -2.46. The maximum Gasteiger partial charge on any atom is 0.145 e. The van der Waals surface area contributed by atoms with Gasteiger partial charge in [-0.2, -0.15) is 0 Å². The molecule has 3 aromatic rings. The number of nitrogens with one attached hydrogen (secondary N) is 1. The van der Waals surface area contributed by atoms with Crippen LogP contribution in [0.4, 0.5) is 0 Å². The second-order valence-corrected chi connectivity index (χ2v) is 6.13. The van der Waals surface area contributed by atoms with Crippen molar-refractivity contribution in [1.29, 1.82) is 0 Å². The Morgan fingerprint density at radius 2 is 1.86 bits per heavy atom. The number of hydrogen-bond acceptors (Lipinski definition) is 2. The molecule has 1 aliphatic heterocycles. The van der Waals surface area contributed by atoms with Gasteiger partial charge in [0.25, 0.3) is 0 Å². The Morgan fingerprint density at radius 3 is 2.68 bits per heavy atom. The van der Waals surface area contributed by atoms with Crippen molar-refractivity contribution in [3.8, 4) is 0 Å². The Hall–Kier alpha value is -2.10. The highest BCUT2D eigenvalue weighted by Gasteiger charge is 2.41. The number of para-hydroxylation sites is 1. The zero-order valence-electron chi connectivity index (χ0n) is 13.0. The van der Waals surface area contributed by atoms with E-state index in [-0.39, 0.29) is 0 Å². The molecule has 0 aliphatic carbocycles. The van der Waals surface area contributed by atoms with Crippen molar-refractivity contribution < 1.29 is 4.74 Å². The van der Waals surface area contributed by atoms with Crippen molar-refractivity contribution in [2.45, 2.75) is 12.1 Å². The number of rotatable bonds is 2. The van der Waals surface area contributed by atoms with Crippen LogP contribution in [0.5, 0.6) is 0 Å². The average Bonchev–Trinajstić information content (AvgIpc) is 2.98. The number of aromatic amines is 1. The lowest BCUT2D eigenvalue weighted by Gasteiger charge is -2.41. The molecule has 0 amide bonds. The number of nitrogens with zero attached hydrogens (tertiary/aromatic N) is 1. The lowest BCUT2D eigenvalue weighted by molar-refractivity contribution is -0.0180. The lowest BCUT2D eigenvalue weighted by atomic mass is 9.83. The van der Waals surface area contributed by atoms with Gasteiger partial charge in [-0.3, -0.25) is 4.90 Å². The van der Waals surface area contributed by atoms with Crippen LogP contribution in [0.2, 0.25) is 0 Å². The molecule has 0 radical (unpaired) electrons. The summed E-state index contributed by atoms with van der Waals surface area (Å²) in [6.45, 7) is 1.80. The third kappa shape index (κ3) is 1.90. The molecule has 1 aromatic heterocycles. The SMILES string of the molecule is COC1(c2cc3ccccc3[nH]2)CN(C)Cc2ccccc21. The number of hydrogen-bond donors (Lipinski definition) is 1. The van der Waals surface area contributed by atoms with E-state index in [1.54, 1.807) is 7.11 Å². The molecule has 22 heavy (non-hydrogen) atoms. The largest absolute Gasteiger partial charge is 0.366 e. The van der Waals surface area contributed by atoms with Gasteiger partial charge in [0.15, 0.2) is 0 Å². The third-order valence-corrected chi connectivity index (χ3v) is 4.70. The molecule has 3 heteroatoms. The van der Waals surface area contributed by atoms with Gasteiger partial charge < -0.3 is 9.72 Å². The summed E-state index contributed by atoms with van der Waals surface area (Å²) >= 11 is 0. The van der Waals surface area contributed by atoms with Crippen LogP contribution in [-0.4, -0.2) is 30.6 Å². The Balaban J connectivity index is 1.96. The number of methoxy groups -OCH3 is 1. The fraction of sp³-hybridized carbons (Fsp3) is 0.263. The molecule has 1 N–H and O–H groups in total. The summed E-state index contributed by atoms with van der Waals surface area (Å²) in [6, 6.07) is 19.2. The number of ether oxygens (including phenoxy) is 1. The molecular formula is C19H20N2O. The summed E-state index contributed by atoms with van der Waals surface area (Å²) in [5, 5.41) is 1.22. The number of likely N-dealkylation sites (N-methyl/N-ethyl adjacent to an activating group) is 1. The molecule has 0 bridgehead atoms. The van der Waals surface area contributed by atoms with Gasteiger partial charge in [-0.05, 0) is 35.7 Å². The summed E-state index contributed by atoms with van der Waals surface area (Å²) in [4.78, 5) is 5.88. The number of H-pyrrole nitrogens is 1. The zero-order valence-corrected chi connectivity index (χ0v) is 13.0. The molecule has 2 aromatic carbocycles. The number of benzene rings is 2. The van der Waals surface area contributed by atoms with Crippen molar-refractivity contribution in [1.82, 2.24) is 9.88 Å². The van der Waals surface area contributed by atoms with Crippen LogP contribution >= 0.6 is 0 Å². The molecule has 0 fully saturated rings. The number of aromatic nitrogens is 1. The van der Waals surface area contributed by atoms with Crippen LogP contribution in [0.15, 0.2) is 54.6 Å². The van der Waals surface area contributed by atoms with Gasteiger partial charge in [0.2, 0.25) is 0 Å². The van der Waals surface area contributed by atoms with E-state index in [4.69, 9.17) is 4.74 Å². The standard InChI is InChI=1S/C19H20N2O/c1-21-12-15-8-3-5-9-16(15)19(13-21,22-2)18-11-14-7-4-6-10-17(14)20-18/h3-11,20H,12-13H2,1-2H3. The molecular weight excluding hydrogens is 272 g/mol. The molecule has 1 atom stereocenters. The monoisotopic (exact) mass is 292 g/mol. The van der Waals surface area contributed by atoms with Crippen molar-refractivity contribution >= 4 is 10.9 Å². The second kappa shape index (κ2) is 4.97. The molecule has 3 nitrogen and oxygen atoms in total. The van der Waals surface area contributed by atoms with Gasteiger partial charge in [-0.1, -0.05) is 42.5 Å². The van der Waals surface area contributed by atoms with Crippen molar-refractivity contribution in [3.05, 3.63) is 71.4 Å². The van der Waals surface area contributed by atoms with Crippen LogP contribution in [0, 0.1) is 0 Å². The highest BCUT2D eigenvalue weighted by atomic mass is 16.5. The van der Waals surface area contributed by atoms with Gasteiger partial charge in [0, 0.05) is 25.7 Å². The normalized spacial score (nSPS) is 21.9. The van der Waals surface area contributed by atoms with Gasteiger partial charge in [-0.25, -0.2) is 0 Å². The van der Waals surface area contributed by atoms with Crippen LogP contribution < -0.4 is 0 Å². The van der Waals surface area contributed by atoms with Gasteiger partial charge >= 0.3 is 0 Å². The highest BCUT2D eigenvalue weighted by molar-refractivity contribution is 5.80. The van der Waals surface area contributed by atoms with E-state index in [1.807, 2.05) is 0 Å². The van der Waals surface area contributed by atoms with E-state index >= 15 is 0 Å². The topological polar surface area (TPSA) is 28.3 Å². The minimum atomic E-state index is -0.442. The van der Waals surface area contributed by atoms with E-state index in [9.17, 15) is 0 Å². The first kappa shape index (κ1) is 13.6. The average molecular weight is 292 g/mol. The van der Waals surface area contributed by atoms with E-state index in [0.717, 1.165) is 24.3 Å². The van der Waals surface area contributed by atoms with Crippen molar-refractivity contribution in [3.63, 3.8) is 0 Å². The van der Waals surface area contributed by atoms with Crippen LogP contribution in [0.3, 0.4) is 0 Å². The maximum atomic E-state index is 6.12. The van der Waals surface area contributed by atoms with E-state index in [2.05, 4.69) is 71.5 Å². The predicted octanol–water partition coefficient (Wildman–Crippen LogP) is 3.50. The van der Waals surface area contributed by atoms with Crippen molar-refractivity contribution in [2.24, 2.45) is 0 Å². The zero-order chi connectivity index (χ0) is 15.2. The smallest absolute Gasteiger partial charge is 0.145 e. The quantitative estimate of drug-likeness (QED) is 0.783. The molecule has 0 spiro atoms. The first-order valence-corrected chi connectivity index (χ1v) is 7.63. The summed E-state index contributed by atoms with van der Waals surface area (Å²) < 4.78 is 6.12. The van der Waals surface area contributed by atoms with Crippen LogP contribution in [0.25, 0.3) is 10.9 Å². The van der Waals surface area contributed by atoms with E-state index in [0.29, 0.717) is 0 Å². The molecule has 0 saturated heterocycles.